The van der Waals surface area contributed by atoms with Crippen LogP contribution in [0.1, 0.15) is 23.1 Å². The Kier molecular flexibility index (Phi) is 3.34. The van der Waals surface area contributed by atoms with E-state index in [-0.39, 0.29) is 10.0 Å². The van der Waals surface area contributed by atoms with Crippen LogP contribution >= 0.6 is 15.9 Å². The van der Waals surface area contributed by atoms with Crippen molar-refractivity contribution in [2.24, 2.45) is 0 Å². The number of benzene rings is 2. The van der Waals surface area contributed by atoms with Crippen molar-refractivity contribution in [3.8, 4) is 0 Å². The van der Waals surface area contributed by atoms with Crippen molar-refractivity contribution in [2.45, 2.75) is 12.8 Å². The first-order valence-electron chi connectivity index (χ1n) is 6.29. The maximum atomic E-state index is 14.0. The second-order valence-electron chi connectivity index (χ2n) is 4.84. The molecular formula is C16H12BrF2N. The fourth-order valence-electron chi connectivity index (χ4n) is 2.54. The average molecular weight is 336 g/mol. The lowest BCUT2D eigenvalue weighted by atomic mass is 10.0. The molecule has 0 saturated carbocycles. The van der Waals surface area contributed by atoms with Gasteiger partial charge in [-0.25, -0.2) is 8.78 Å². The standard InChI is InChI=1S/C16H12BrF2N/c17-14-5-6-15(18)13(16(14)19)8-10-2-1-9-7-11(20)3-4-12(9)10/h3-8H,1-2,20H2/b10-8+. The Labute approximate surface area is 124 Å². The molecule has 1 aliphatic carbocycles. The molecule has 1 nitrogen and oxygen atoms in total. The summed E-state index contributed by atoms with van der Waals surface area (Å²) in [5.41, 5.74) is 9.56. The lowest BCUT2D eigenvalue weighted by Crippen LogP contribution is -1.91. The number of nitrogens with two attached hydrogens (primary N) is 1. The van der Waals surface area contributed by atoms with Crippen LogP contribution in [0.3, 0.4) is 0 Å². The largest absolute Gasteiger partial charge is 0.399 e. The van der Waals surface area contributed by atoms with E-state index in [1.54, 1.807) is 6.08 Å². The summed E-state index contributed by atoms with van der Waals surface area (Å²) in [4.78, 5) is 0. The van der Waals surface area contributed by atoms with E-state index in [9.17, 15) is 8.78 Å². The Bertz CT molecular complexity index is 723. The average Bonchev–Trinajstić information content (AvgIpc) is 2.81. The molecule has 2 aromatic rings. The van der Waals surface area contributed by atoms with Gasteiger partial charge in [0.05, 0.1) is 4.47 Å². The smallest absolute Gasteiger partial charge is 0.147 e. The number of fused-ring (bicyclic) bond motifs is 1. The molecule has 0 saturated heterocycles. The number of halogens is 3. The van der Waals surface area contributed by atoms with Gasteiger partial charge < -0.3 is 5.73 Å². The Hall–Kier alpha value is -1.68. The van der Waals surface area contributed by atoms with Crippen LogP contribution in [0.4, 0.5) is 14.5 Å². The molecule has 0 spiro atoms. The van der Waals surface area contributed by atoms with Gasteiger partial charge in [-0.2, -0.15) is 0 Å². The fourth-order valence-corrected chi connectivity index (χ4v) is 2.88. The van der Waals surface area contributed by atoms with E-state index in [2.05, 4.69) is 15.9 Å². The second-order valence-corrected chi connectivity index (χ2v) is 5.70. The summed E-state index contributed by atoms with van der Waals surface area (Å²) in [6.45, 7) is 0. The minimum Gasteiger partial charge on any atom is -0.399 e. The molecule has 20 heavy (non-hydrogen) atoms. The zero-order valence-corrected chi connectivity index (χ0v) is 12.2. The number of anilines is 1. The van der Waals surface area contributed by atoms with Gasteiger partial charge >= 0.3 is 0 Å². The van der Waals surface area contributed by atoms with Crippen LogP contribution in [-0.4, -0.2) is 0 Å². The first kappa shape index (κ1) is 13.3. The normalized spacial score (nSPS) is 15.7. The number of hydrogen-bond donors (Lipinski definition) is 1. The molecular weight excluding hydrogens is 324 g/mol. The molecule has 4 heteroatoms. The molecule has 3 rings (SSSR count). The highest BCUT2D eigenvalue weighted by Gasteiger charge is 2.18. The molecule has 0 atom stereocenters. The third-order valence-electron chi connectivity index (χ3n) is 3.54. The SMILES string of the molecule is Nc1ccc2c(c1)CC/C2=C\c1c(F)ccc(Br)c1F. The van der Waals surface area contributed by atoms with Crippen molar-refractivity contribution in [3.05, 3.63) is 63.1 Å². The van der Waals surface area contributed by atoms with Gasteiger partial charge in [-0.05, 0) is 75.8 Å². The van der Waals surface area contributed by atoms with Gasteiger partial charge in [-0.15, -0.1) is 0 Å². The molecule has 0 aliphatic heterocycles. The van der Waals surface area contributed by atoms with Gasteiger partial charge in [0.15, 0.2) is 0 Å². The molecule has 0 radical (unpaired) electrons. The zero-order valence-electron chi connectivity index (χ0n) is 10.6. The molecule has 0 fully saturated rings. The third kappa shape index (κ3) is 2.24. The summed E-state index contributed by atoms with van der Waals surface area (Å²) >= 11 is 3.08. The van der Waals surface area contributed by atoms with E-state index in [1.165, 1.54) is 12.1 Å². The Balaban J connectivity index is 2.11. The van der Waals surface area contributed by atoms with Gasteiger partial charge in [0.1, 0.15) is 11.6 Å². The van der Waals surface area contributed by atoms with Crippen LogP contribution in [0, 0.1) is 11.6 Å². The summed E-state index contributed by atoms with van der Waals surface area (Å²) < 4.78 is 28.1. The lowest BCUT2D eigenvalue weighted by molar-refractivity contribution is 0.574. The van der Waals surface area contributed by atoms with Gasteiger partial charge in [0.2, 0.25) is 0 Å². The summed E-state index contributed by atoms with van der Waals surface area (Å²) in [6.07, 6.45) is 3.21. The predicted octanol–water partition coefficient (Wildman–Crippen LogP) is 4.80. The number of allylic oxidation sites excluding steroid dienone is 1. The Morgan fingerprint density at radius 2 is 1.90 bits per heavy atom. The highest BCUT2D eigenvalue weighted by atomic mass is 79.9. The molecule has 2 N–H and O–H groups in total. The van der Waals surface area contributed by atoms with E-state index in [0.717, 1.165) is 29.5 Å². The Morgan fingerprint density at radius 3 is 2.70 bits per heavy atom. The summed E-state index contributed by atoms with van der Waals surface area (Å²) in [6, 6.07) is 8.28. The highest BCUT2D eigenvalue weighted by molar-refractivity contribution is 9.10. The van der Waals surface area contributed by atoms with E-state index >= 15 is 0 Å². The van der Waals surface area contributed by atoms with Crippen molar-refractivity contribution < 1.29 is 8.78 Å². The molecule has 1 aliphatic rings. The Morgan fingerprint density at radius 1 is 1.10 bits per heavy atom. The predicted molar refractivity (Wildman–Crippen MR) is 81.1 cm³/mol. The molecule has 0 amide bonds. The fraction of sp³-hybridized carbons (Fsp3) is 0.125. The summed E-state index contributed by atoms with van der Waals surface area (Å²) in [5, 5.41) is 0. The van der Waals surface area contributed by atoms with Gasteiger partial charge in [-0.3, -0.25) is 0 Å². The minimum absolute atomic E-state index is 0.000880. The number of rotatable bonds is 1. The van der Waals surface area contributed by atoms with E-state index < -0.39 is 11.6 Å². The van der Waals surface area contributed by atoms with Crippen molar-refractivity contribution in [2.75, 3.05) is 5.73 Å². The van der Waals surface area contributed by atoms with E-state index in [1.807, 2.05) is 18.2 Å². The lowest BCUT2D eigenvalue weighted by Gasteiger charge is -2.05. The molecule has 102 valence electrons. The molecule has 0 unspecified atom stereocenters. The van der Waals surface area contributed by atoms with Crippen molar-refractivity contribution in [3.63, 3.8) is 0 Å². The van der Waals surface area contributed by atoms with Gasteiger partial charge in [-0.1, -0.05) is 6.07 Å². The number of hydrogen-bond acceptors (Lipinski definition) is 1. The summed E-state index contributed by atoms with van der Waals surface area (Å²) in [7, 11) is 0. The maximum Gasteiger partial charge on any atom is 0.147 e. The van der Waals surface area contributed by atoms with Crippen LogP contribution < -0.4 is 5.73 Å². The summed E-state index contributed by atoms with van der Waals surface area (Å²) in [5.74, 6) is -1.12. The zero-order chi connectivity index (χ0) is 14.3. The molecule has 2 aromatic carbocycles. The minimum atomic E-state index is -0.568. The highest BCUT2D eigenvalue weighted by Crippen LogP contribution is 2.36. The van der Waals surface area contributed by atoms with Crippen molar-refractivity contribution in [1.29, 1.82) is 0 Å². The van der Waals surface area contributed by atoms with E-state index in [0.29, 0.717) is 5.69 Å². The quantitative estimate of drug-likeness (QED) is 0.588. The van der Waals surface area contributed by atoms with Crippen LogP contribution in [0.5, 0.6) is 0 Å². The number of nitrogen functional groups attached to an aromatic ring is 1. The third-order valence-corrected chi connectivity index (χ3v) is 4.15. The first-order chi connectivity index (χ1) is 9.56. The second kappa shape index (κ2) is 5.02. The van der Waals surface area contributed by atoms with Gasteiger partial charge in [0.25, 0.3) is 0 Å². The van der Waals surface area contributed by atoms with Crippen LogP contribution in [0.25, 0.3) is 11.6 Å². The van der Waals surface area contributed by atoms with Crippen molar-refractivity contribution in [1.82, 2.24) is 0 Å². The van der Waals surface area contributed by atoms with Gasteiger partial charge in [0, 0.05) is 11.3 Å². The topological polar surface area (TPSA) is 26.0 Å². The van der Waals surface area contributed by atoms with Crippen LogP contribution in [-0.2, 0) is 6.42 Å². The molecule has 0 heterocycles. The number of aryl methyl sites for hydroxylation is 1. The van der Waals surface area contributed by atoms with Crippen LogP contribution in [0.15, 0.2) is 34.8 Å². The first-order valence-corrected chi connectivity index (χ1v) is 7.08. The molecule has 0 aromatic heterocycles. The van der Waals surface area contributed by atoms with Crippen LogP contribution in [0.2, 0.25) is 0 Å². The monoisotopic (exact) mass is 335 g/mol. The maximum absolute atomic E-state index is 14.0. The molecule has 0 bridgehead atoms. The van der Waals surface area contributed by atoms with E-state index in [4.69, 9.17) is 5.73 Å². The van der Waals surface area contributed by atoms with Crippen molar-refractivity contribution >= 4 is 33.3 Å².